The molecule has 0 amide bonds. The van der Waals surface area contributed by atoms with Gasteiger partial charge >= 0.3 is 0 Å². The van der Waals surface area contributed by atoms with Crippen molar-refractivity contribution in [2.45, 2.75) is 50.7 Å². The van der Waals surface area contributed by atoms with E-state index >= 15 is 0 Å². The summed E-state index contributed by atoms with van der Waals surface area (Å²) in [6.07, 6.45) is 6.99. The van der Waals surface area contributed by atoms with Crippen molar-refractivity contribution in [1.82, 2.24) is 15.2 Å². The van der Waals surface area contributed by atoms with Crippen molar-refractivity contribution >= 4 is 28.7 Å². The van der Waals surface area contributed by atoms with Gasteiger partial charge in [-0.05, 0) is 56.2 Å². The molecule has 5 heteroatoms. The smallest absolute Gasteiger partial charge is 0.170 e. The maximum absolute atomic E-state index is 5.73. The predicted octanol–water partition coefficient (Wildman–Crippen LogP) is 4.37. The Morgan fingerprint density at radius 2 is 2.04 bits per heavy atom. The normalized spacial score (nSPS) is 25.1. The van der Waals surface area contributed by atoms with Crippen LogP contribution < -0.4 is 5.32 Å². The zero-order chi connectivity index (χ0) is 15.8. The Hall–Kier alpha value is -1.46. The zero-order valence-electron chi connectivity index (χ0n) is 13.2. The lowest BCUT2D eigenvalue weighted by atomic mass is 10.0. The Morgan fingerprint density at radius 3 is 2.70 bits per heavy atom. The summed E-state index contributed by atoms with van der Waals surface area (Å²) in [6, 6.07) is 11.6. The van der Waals surface area contributed by atoms with Crippen molar-refractivity contribution in [3.05, 3.63) is 52.0 Å². The van der Waals surface area contributed by atoms with Gasteiger partial charge in [0.2, 0.25) is 0 Å². The van der Waals surface area contributed by atoms with Crippen LogP contribution in [0.15, 0.2) is 36.5 Å². The average Bonchev–Trinajstić information content (AvgIpc) is 3.27. The number of thiophene rings is 1. The first-order chi connectivity index (χ1) is 11.2. The number of pyridine rings is 1. The molecule has 1 saturated carbocycles. The lowest BCUT2D eigenvalue weighted by Crippen LogP contribution is -2.37. The van der Waals surface area contributed by atoms with Crippen LogP contribution in [0.1, 0.15) is 53.2 Å². The second kappa shape index (κ2) is 6.21. The molecule has 4 rings (SSSR count). The zero-order valence-corrected chi connectivity index (χ0v) is 14.9. The first-order valence-electron chi connectivity index (χ1n) is 8.30. The predicted molar refractivity (Wildman–Crippen MR) is 98.6 cm³/mol. The number of aromatic nitrogens is 1. The van der Waals surface area contributed by atoms with Crippen molar-refractivity contribution in [2.75, 3.05) is 0 Å². The highest BCUT2D eigenvalue weighted by Gasteiger charge is 2.44. The summed E-state index contributed by atoms with van der Waals surface area (Å²) in [5.74, 6) is 0. The Balaban J connectivity index is 1.75. The molecule has 3 nitrogen and oxygen atoms in total. The Labute approximate surface area is 146 Å². The van der Waals surface area contributed by atoms with Crippen molar-refractivity contribution in [3.63, 3.8) is 0 Å². The number of nitrogens with one attached hydrogen (secondary N) is 1. The van der Waals surface area contributed by atoms with E-state index in [2.05, 4.69) is 46.4 Å². The van der Waals surface area contributed by atoms with Crippen LogP contribution in [-0.2, 0) is 0 Å². The van der Waals surface area contributed by atoms with Crippen LogP contribution in [-0.4, -0.2) is 21.0 Å². The molecule has 0 radical (unpaired) electrons. The second-order valence-corrected chi connectivity index (χ2v) is 8.13. The molecular formula is C18H21N3S2. The molecule has 2 aromatic rings. The van der Waals surface area contributed by atoms with E-state index in [1.54, 1.807) is 0 Å². The monoisotopic (exact) mass is 343 g/mol. The van der Waals surface area contributed by atoms with Gasteiger partial charge in [-0.1, -0.05) is 18.9 Å². The molecule has 0 spiro atoms. The molecule has 1 saturated heterocycles. The van der Waals surface area contributed by atoms with Gasteiger partial charge in [0, 0.05) is 22.0 Å². The lowest BCUT2D eigenvalue weighted by Gasteiger charge is -2.32. The van der Waals surface area contributed by atoms with Crippen molar-refractivity contribution in [3.8, 4) is 0 Å². The maximum atomic E-state index is 5.73. The van der Waals surface area contributed by atoms with Gasteiger partial charge in [-0.15, -0.1) is 11.3 Å². The van der Waals surface area contributed by atoms with E-state index < -0.39 is 0 Å². The van der Waals surface area contributed by atoms with E-state index in [1.807, 2.05) is 23.6 Å². The van der Waals surface area contributed by atoms with Crippen LogP contribution in [0.3, 0.4) is 0 Å². The molecule has 1 aliphatic heterocycles. The number of aryl methyl sites for hydroxylation is 1. The maximum Gasteiger partial charge on any atom is 0.170 e. The molecule has 23 heavy (non-hydrogen) atoms. The highest BCUT2D eigenvalue weighted by Crippen LogP contribution is 2.44. The largest absolute Gasteiger partial charge is 0.352 e. The standard InChI is InChI=1S/C18H21N3S2/c1-12-9-10-15(23-12)17-16(14-8-4-5-11-19-14)20-18(22)21(17)13-6-2-3-7-13/h4-5,8-11,13,16-17H,2-3,6-7H2,1H3,(H,20,22)/t16-,17+/m0/s1. The fourth-order valence-corrected chi connectivity index (χ4v) is 5.26. The van der Waals surface area contributed by atoms with Crippen LogP contribution in [0.25, 0.3) is 0 Å². The van der Waals surface area contributed by atoms with Crippen LogP contribution >= 0.6 is 23.6 Å². The topological polar surface area (TPSA) is 28.2 Å². The van der Waals surface area contributed by atoms with Crippen LogP contribution in [0.4, 0.5) is 0 Å². The minimum Gasteiger partial charge on any atom is -0.352 e. The van der Waals surface area contributed by atoms with E-state index in [4.69, 9.17) is 12.2 Å². The van der Waals surface area contributed by atoms with E-state index in [9.17, 15) is 0 Å². The van der Waals surface area contributed by atoms with Crippen LogP contribution in [0.2, 0.25) is 0 Å². The van der Waals surface area contributed by atoms with Crippen molar-refractivity contribution < 1.29 is 0 Å². The van der Waals surface area contributed by atoms with Gasteiger partial charge in [0.25, 0.3) is 0 Å². The molecule has 0 unspecified atom stereocenters. The van der Waals surface area contributed by atoms with Gasteiger partial charge in [-0.2, -0.15) is 0 Å². The third-order valence-electron chi connectivity index (χ3n) is 4.91. The Bertz CT molecular complexity index is 691. The molecule has 1 aliphatic carbocycles. The molecule has 3 heterocycles. The molecule has 120 valence electrons. The summed E-state index contributed by atoms with van der Waals surface area (Å²) < 4.78 is 0. The second-order valence-electron chi connectivity index (χ2n) is 6.42. The fraction of sp³-hybridized carbons (Fsp3) is 0.444. The molecule has 2 atom stereocenters. The van der Waals surface area contributed by atoms with E-state index in [0.29, 0.717) is 6.04 Å². The number of hydrogen-bond acceptors (Lipinski definition) is 3. The van der Waals surface area contributed by atoms with Gasteiger partial charge in [0.15, 0.2) is 5.11 Å². The lowest BCUT2D eigenvalue weighted by molar-refractivity contribution is 0.249. The summed E-state index contributed by atoms with van der Waals surface area (Å²) >= 11 is 7.61. The van der Waals surface area contributed by atoms with Gasteiger partial charge < -0.3 is 10.2 Å². The summed E-state index contributed by atoms with van der Waals surface area (Å²) in [5, 5.41) is 4.45. The third-order valence-corrected chi connectivity index (χ3v) is 6.31. The number of rotatable bonds is 3. The van der Waals surface area contributed by atoms with Crippen molar-refractivity contribution in [1.29, 1.82) is 0 Å². The molecule has 2 aliphatic rings. The Kier molecular flexibility index (Phi) is 4.07. The summed E-state index contributed by atoms with van der Waals surface area (Å²) in [6.45, 7) is 2.17. The van der Waals surface area contributed by atoms with Gasteiger partial charge in [-0.3, -0.25) is 4.98 Å². The number of hydrogen-bond donors (Lipinski definition) is 1. The molecule has 2 fully saturated rings. The highest BCUT2D eigenvalue weighted by atomic mass is 32.1. The Morgan fingerprint density at radius 1 is 1.22 bits per heavy atom. The number of nitrogens with zero attached hydrogens (tertiary/aromatic N) is 2. The van der Waals surface area contributed by atoms with Gasteiger partial charge in [0.1, 0.15) is 0 Å². The summed E-state index contributed by atoms with van der Waals surface area (Å²) in [5.41, 5.74) is 1.08. The van der Waals surface area contributed by atoms with E-state index in [0.717, 1.165) is 10.8 Å². The minimum atomic E-state index is 0.141. The first-order valence-corrected chi connectivity index (χ1v) is 9.52. The molecular weight excluding hydrogens is 322 g/mol. The third kappa shape index (κ3) is 2.76. The number of thiocarbonyl (C=S) groups is 1. The van der Waals surface area contributed by atoms with E-state index in [-0.39, 0.29) is 12.1 Å². The molecule has 2 aromatic heterocycles. The minimum absolute atomic E-state index is 0.141. The van der Waals surface area contributed by atoms with E-state index in [1.165, 1.54) is 35.4 Å². The summed E-state index contributed by atoms with van der Waals surface area (Å²) in [4.78, 5) is 9.80. The fourth-order valence-electron chi connectivity index (χ4n) is 3.86. The van der Waals surface area contributed by atoms with Crippen LogP contribution in [0.5, 0.6) is 0 Å². The highest BCUT2D eigenvalue weighted by molar-refractivity contribution is 7.80. The SMILES string of the molecule is Cc1ccc([C@@H]2[C@H](c3ccccn3)NC(=S)N2C2CCCC2)s1. The van der Waals surface area contributed by atoms with Gasteiger partial charge in [0.05, 0.1) is 17.8 Å². The molecule has 1 N–H and O–H groups in total. The average molecular weight is 344 g/mol. The summed E-state index contributed by atoms with van der Waals surface area (Å²) in [7, 11) is 0. The van der Waals surface area contributed by atoms with Crippen molar-refractivity contribution in [2.24, 2.45) is 0 Å². The molecule has 0 aromatic carbocycles. The van der Waals surface area contributed by atoms with Gasteiger partial charge in [-0.25, -0.2) is 0 Å². The van der Waals surface area contributed by atoms with Crippen LogP contribution in [0, 0.1) is 6.92 Å². The first kappa shape index (κ1) is 15.1. The quantitative estimate of drug-likeness (QED) is 0.838. The molecule has 0 bridgehead atoms.